The van der Waals surface area contributed by atoms with Gasteiger partial charge in [-0.2, -0.15) is 0 Å². The quantitative estimate of drug-likeness (QED) is 0.675. The minimum absolute atomic E-state index is 0.188. The molecule has 0 fully saturated rings. The Labute approximate surface area is 134 Å². The van der Waals surface area contributed by atoms with E-state index in [0.29, 0.717) is 0 Å². The monoisotopic (exact) mass is 313 g/mol. The molecule has 0 aliphatic heterocycles. The summed E-state index contributed by atoms with van der Waals surface area (Å²) in [6.45, 7) is 0.811. The summed E-state index contributed by atoms with van der Waals surface area (Å²) in [4.78, 5) is 1.25. The second kappa shape index (κ2) is 6.90. The molecule has 0 amide bonds. The third-order valence-corrected chi connectivity index (χ3v) is 4.65. The highest BCUT2D eigenvalue weighted by Crippen LogP contribution is 2.24. The van der Waals surface area contributed by atoms with Crippen LogP contribution in [0.25, 0.3) is 0 Å². The number of nitrogens with one attached hydrogen (secondary N) is 1. The summed E-state index contributed by atoms with van der Waals surface area (Å²) in [5.74, 6) is 0. The molecule has 0 spiro atoms. The van der Waals surface area contributed by atoms with Gasteiger partial charge in [0.25, 0.3) is 0 Å². The van der Waals surface area contributed by atoms with Crippen molar-refractivity contribution in [2.45, 2.75) is 12.6 Å². The van der Waals surface area contributed by atoms with Crippen molar-refractivity contribution in [1.29, 1.82) is 0 Å². The highest BCUT2D eigenvalue weighted by Gasteiger charge is 2.13. The van der Waals surface area contributed by atoms with Crippen LogP contribution in [0.15, 0.2) is 72.1 Å². The topological polar surface area (TPSA) is 12.0 Å². The SMILES string of the molecule is Clc1csc(CNC(c2ccccc2)c2ccccc2)c1. The molecule has 1 heterocycles. The molecule has 21 heavy (non-hydrogen) atoms. The third-order valence-electron chi connectivity index (χ3n) is 3.37. The molecule has 3 aromatic rings. The number of thiophene rings is 1. The van der Waals surface area contributed by atoms with Crippen molar-refractivity contribution in [1.82, 2.24) is 5.32 Å². The van der Waals surface area contributed by atoms with E-state index in [0.717, 1.165) is 11.6 Å². The maximum Gasteiger partial charge on any atom is 0.0579 e. The molecule has 0 saturated carbocycles. The van der Waals surface area contributed by atoms with Gasteiger partial charge in [0.05, 0.1) is 11.1 Å². The highest BCUT2D eigenvalue weighted by molar-refractivity contribution is 7.10. The first-order valence-corrected chi connectivity index (χ1v) is 8.15. The first kappa shape index (κ1) is 14.3. The van der Waals surface area contributed by atoms with Crippen LogP contribution in [0, 0.1) is 0 Å². The second-order valence-corrected chi connectivity index (χ2v) is 6.30. The molecular weight excluding hydrogens is 298 g/mol. The van der Waals surface area contributed by atoms with E-state index in [4.69, 9.17) is 11.6 Å². The smallest absolute Gasteiger partial charge is 0.0579 e. The predicted octanol–water partition coefficient (Wildman–Crippen LogP) is 5.28. The van der Waals surface area contributed by atoms with Crippen molar-refractivity contribution in [2.24, 2.45) is 0 Å². The zero-order chi connectivity index (χ0) is 14.5. The maximum atomic E-state index is 5.99. The van der Waals surface area contributed by atoms with Crippen LogP contribution in [0.3, 0.4) is 0 Å². The van der Waals surface area contributed by atoms with E-state index in [2.05, 4.69) is 53.8 Å². The van der Waals surface area contributed by atoms with Crippen LogP contribution >= 0.6 is 22.9 Å². The Kier molecular flexibility index (Phi) is 4.71. The summed E-state index contributed by atoms with van der Waals surface area (Å²) in [6, 6.07) is 23.2. The highest BCUT2D eigenvalue weighted by atomic mass is 35.5. The Bertz CT molecular complexity index is 639. The minimum Gasteiger partial charge on any atom is -0.301 e. The lowest BCUT2D eigenvalue weighted by Gasteiger charge is -2.19. The van der Waals surface area contributed by atoms with Gasteiger partial charge in [-0.15, -0.1) is 11.3 Å². The maximum absolute atomic E-state index is 5.99. The van der Waals surface area contributed by atoms with Gasteiger partial charge in [-0.1, -0.05) is 72.3 Å². The Morgan fingerprint density at radius 3 is 1.95 bits per heavy atom. The first-order chi connectivity index (χ1) is 10.3. The number of benzene rings is 2. The van der Waals surface area contributed by atoms with Crippen LogP contribution in [0.2, 0.25) is 5.02 Å². The Morgan fingerprint density at radius 2 is 1.48 bits per heavy atom. The molecule has 0 aliphatic rings. The van der Waals surface area contributed by atoms with Gasteiger partial charge in [-0.3, -0.25) is 0 Å². The number of hydrogen-bond acceptors (Lipinski definition) is 2. The van der Waals surface area contributed by atoms with E-state index in [1.54, 1.807) is 11.3 Å². The van der Waals surface area contributed by atoms with Gasteiger partial charge in [0.15, 0.2) is 0 Å². The Morgan fingerprint density at radius 1 is 0.905 bits per heavy atom. The summed E-state index contributed by atoms with van der Waals surface area (Å²) in [7, 11) is 0. The average molecular weight is 314 g/mol. The normalized spacial score (nSPS) is 11.0. The van der Waals surface area contributed by atoms with Gasteiger partial charge in [-0.05, 0) is 17.2 Å². The summed E-state index contributed by atoms with van der Waals surface area (Å²) in [5, 5.41) is 6.42. The van der Waals surface area contributed by atoms with Crippen molar-refractivity contribution in [3.05, 3.63) is 93.1 Å². The van der Waals surface area contributed by atoms with Gasteiger partial charge in [0.2, 0.25) is 0 Å². The summed E-state index contributed by atoms with van der Waals surface area (Å²) >= 11 is 7.68. The van der Waals surface area contributed by atoms with Crippen LogP contribution < -0.4 is 5.32 Å². The van der Waals surface area contributed by atoms with Crippen molar-refractivity contribution >= 4 is 22.9 Å². The lowest BCUT2D eigenvalue weighted by molar-refractivity contribution is 0.610. The Balaban J connectivity index is 1.83. The fourth-order valence-corrected chi connectivity index (χ4v) is 3.39. The zero-order valence-corrected chi connectivity index (χ0v) is 13.1. The summed E-state index contributed by atoms with van der Waals surface area (Å²) in [5.41, 5.74) is 2.54. The van der Waals surface area contributed by atoms with Crippen molar-refractivity contribution < 1.29 is 0 Å². The molecule has 106 valence electrons. The van der Waals surface area contributed by atoms with E-state index in [1.807, 2.05) is 23.6 Å². The van der Waals surface area contributed by atoms with Crippen molar-refractivity contribution in [2.75, 3.05) is 0 Å². The van der Waals surface area contributed by atoms with E-state index < -0.39 is 0 Å². The number of rotatable bonds is 5. The van der Waals surface area contributed by atoms with E-state index in [1.165, 1.54) is 16.0 Å². The van der Waals surface area contributed by atoms with Gasteiger partial charge in [-0.25, -0.2) is 0 Å². The molecule has 0 unspecified atom stereocenters. The summed E-state index contributed by atoms with van der Waals surface area (Å²) in [6.07, 6.45) is 0. The molecule has 2 aromatic carbocycles. The second-order valence-electron chi connectivity index (χ2n) is 4.87. The van der Waals surface area contributed by atoms with Gasteiger partial charge < -0.3 is 5.32 Å². The predicted molar refractivity (Wildman–Crippen MR) is 90.9 cm³/mol. The molecule has 0 aliphatic carbocycles. The molecule has 1 N–H and O–H groups in total. The van der Waals surface area contributed by atoms with Crippen molar-refractivity contribution in [3.63, 3.8) is 0 Å². The molecule has 3 heteroatoms. The van der Waals surface area contributed by atoms with Crippen LogP contribution in [0.5, 0.6) is 0 Å². The van der Waals surface area contributed by atoms with Crippen LogP contribution in [0.4, 0.5) is 0 Å². The molecule has 0 bridgehead atoms. The molecule has 1 nitrogen and oxygen atoms in total. The minimum atomic E-state index is 0.188. The first-order valence-electron chi connectivity index (χ1n) is 6.89. The molecule has 0 radical (unpaired) electrons. The van der Waals surface area contributed by atoms with E-state index >= 15 is 0 Å². The molecule has 0 atom stereocenters. The van der Waals surface area contributed by atoms with Gasteiger partial charge >= 0.3 is 0 Å². The third kappa shape index (κ3) is 3.73. The van der Waals surface area contributed by atoms with Gasteiger partial charge in [0, 0.05) is 16.8 Å². The average Bonchev–Trinajstić information content (AvgIpc) is 2.95. The van der Waals surface area contributed by atoms with Crippen LogP contribution in [0.1, 0.15) is 22.0 Å². The lowest BCUT2D eigenvalue weighted by Crippen LogP contribution is -2.21. The zero-order valence-electron chi connectivity index (χ0n) is 11.5. The molecule has 0 saturated heterocycles. The Hall–Kier alpha value is -1.61. The largest absolute Gasteiger partial charge is 0.301 e. The van der Waals surface area contributed by atoms with Crippen LogP contribution in [-0.4, -0.2) is 0 Å². The van der Waals surface area contributed by atoms with Crippen LogP contribution in [-0.2, 0) is 6.54 Å². The standard InChI is InChI=1S/C18H16ClNS/c19-16-11-17(21-13-16)12-20-18(14-7-3-1-4-8-14)15-9-5-2-6-10-15/h1-11,13,18,20H,12H2. The van der Waals surface area contributed by atoms with E-state index in [9.17, 15) is 0 Å². The molecule has 3 rings (SSSR count). The number of halogens is 1. The van der Waals surface area contributed by atoms with E-state index in [-0.39, 0.29) is 6.04 Å². The lowest BCUT2D eigenvalue weighted by atomic mass is 9.99. The van der Waals surface area contributed by atoms with Gasteiger partial charge in [0.1, 0.15) is 0 Å². The molecular formula is C18H16ClNS. The molecule has 1 aromatic heterocycles. The summed E-state index contributed by atoms with van der Waals surface area (Å²) < 4.78 is 0. The fraction of sp³-hybridized carbons (Fsp3) is 0.111. The number of hydrogen-bond donors (Lipinski definition) is 1. The van der Waals surface area contributed by atoms with Crippen molar-refractivity contribution in [3.8, 4) is 0 Å². The fourth-order valence-electron chi connectivity index (χ4n) is 2.37.